The molecule has 144 valence electrons. The maximum Gasteiger partial charge on any atom is 0.422 e. The Bertz CT molecular complexity index is 964. The Labute approximate surface area is 163 Å². The molecular formula is C19H13ClF3N3O2. The van der Waals surface area contributed by atoms with Crippen molar-refractivity contribution in [3.05, 3.63) is 71.3 Å². The van der Waals surface area contributed by atoms with Crippen LogP contribution in [0.3, 0.4) is 0 Å². The lowest BCUT2D eigenvalue weighted by molar-refractivity contribution is -0.154. The highest BCUT2D eigenvalue weighted by atomic mass is 35.5. The molecule has 0 saturated carbocycles. The van der Waals surface area contributed by atoms with Crippen LogP contribution in [-0.2, 0) is 6.42 Å². The van der Waals surface area contributed by atoms with E-state index in [0.717, 1.165) is 0 Å². The van der Waals surface area contributed by atoms with E-state index in [1.165, 1.54) is 12.4 Å². The monoisotopic (exact) mass is 407 g/mol. The molecule has 0 N–H and O–H groups in total. The number of hydrogen-bond donors (Lipinski definition) is 0. The van der Waals surface area contributed by atoms with E-state index in [-0.39, 0.29) is 29.5 Å². The fraction of sp³-hybridized carbons (Fsp3) is 0.158. The molecule has 0 radical (unpaired) electrons. The zero-order chi connectivity index (χ0) is 20.1. The fourth-order valence-electron chi connectivity index (χ4n) is 2.35. The van der Waals surface area contributed by atoms with Crippen molar-refractivity contribution in [2.75, 3.05) is 6.61 Å². The van der Waals surface area contributed by atoms with E-state index in [9.17, 15) is 18.0 Å². The molecule has 0 saturated heterocycles. The van der Waals surface area contributed by atoms with Crippen LogP contribution in [0.15, 0.2) is 55.0 Å². The summed E-state index contributed by atoms with van der Waals surface area (Å²) in [6.45, 7) is -1.50. The van der Waals surface area contributed by atoms with Crippen LogP contribution in [-0.4, -0.2) is 33.5 Å². The van der Waals surface area contributed by atoms with Crippen molar-refractivity contribution in [1.29, 1.82) is 0 Å². The maximum atomic E-state index is 12.5. The summed E-state index contributed by atoms with van der Waals surface area (Å²) >= 11 is 5.86. The van der Waals surface area contributed by atoms with Crippen molar-refractivity contribution in [1.82, 2.24) is 15.0 Å². The van der Waals surface area contributed by atoms with Crippen molar-refractivity contribution >= 4 is 17.4 Å². The summed E-state index contributed by atoms with van der Waals surface area (Å²) in [6, 6.07) is 9.55. The number of aromatic nitrogens is 3. The van der Waals surface area contributed by atoms with Crippen LogP contribution in [0.5, 0.6) is 5.88 Å². The Morgan fingerprint density at radius 3 is 2.50 bits per heavy atom. The topological polar surface area (TPSA) is 65.0 Å². The quantitative estimate of drug-likeness (QED) is 0.560. The number of rotatable bonds is 6. The van der Waals surface area contributed by atoms with Gasteiger partial charge in [-0.25, -0.2) is 9.97 Å². The highest BCUT2D eigenvalue weighted by Crippen LogP contribution is 2.29. The molecule has 0 unspecified atom stereocenters. The molecule has 3 rings (SSSR count). The Morgan fingerprint density at radius 2 is 1.86 bits per heavy atom. The molecule has 1 aromatic carbocycles. The second kappa shape index (κ2) is 8.35. The maximum absolute atomic E-state index is 12.5. The van der Waals surface area contributed by atoms with Crippen molar-refractivity contribution in [3.8, 4) is 17.1 Å². The summed E-state index contributed by atoms with van der Waals surface area (Å²) in [7, 11) is 0. The molecule has 0 aliphatic heterocycles. The smallest absolute Gasteiger partial charge is 0.422 e. The average Bonchev–Trinajstić information content (AvgIpc) is 2.67. The number of nitrogens with zero attached hydrogens (tertiary/aromatic N) is 3. The zero-order valence-electron chi connectivity index (χ0n) is 14.3. The van der Waals surface area contributed by atoms with Gasteiger partial charge in [-0.2, -0.15) is 13.2 Å². The lowest BCUT2D eigenvalue weighted by Crippen LogP contribution is -2.20. The van der Waals surface area contributed by atoms with Crippen LogP contribution in [0.2, 0.25) is 5.02 Å². The van der Waals surface area contributed by atoms with E-state index >= 15 is 0 Å². The fourth-order valence-corrected chi connectivity index (χ4v) is 2.47. The largest absolute Gasteiger partial charge is 0.466 e. The first-order valence-electron chi connectivity index (χ1n) is 8.06. The number of pyridine rings is 1. The first kappa shape index (κ1) is 19.8. The van der Waals surface area contributed by atoms with Crippen molar-refractivity contribution in [2.45, 2.75) is 12.6 Å². The summed E-state index contributed by atoms with van der Waals surface area (Å²) in [4.78, 5) is 24.5. The second-order valence-electron chi connectivity index (χ2n) is 5.77. The number of alkyl halides is 3. The van der Waals surface area contributed by atoms with Gasteiger partial charge in [-0.05, 0) is 24.3 Å². The molecule has 5 nitrogen and oxygen atoms in total. The van der Waals surface area contributed by atoms with Gasteiger partial charge in [0.1, 0.15) is 5.69 Å². The predicted octanol–water partition coefficient (Wildman–Crippen LogP) is 4.56. The molecule has 3 aromatic rings. The molecule has 0 aliphatic rings. The zero-order valence-corrected chi connectivity index (χ0v) is 15.0. The SMILES string of the molecule is O=C(Cc1cnc(OCC(F)(F)F)c(-c2ccc(Cl)cc2)n1)c1cccnc1. The summed E-state index contributed by atoms with van der Waals surface area (Å²) in [6.07, 6.45) is -0.412. The number of benzene rings is 1. The number of ether oxygens (including phenoxy) is 1. The molecule has 0 amide bonds. The minimum atomic E-state index is -4.52. The summed E-state index contributed by atoms with van der Waals surface area (Å²) in [5.74, 6) is -0.523. The number of halogens is 4. The van der Waals surface area contributed by atoms with Crippen LogP contribution >= 0.6 is 11.6 Å². The molecular weight excluding hydrogens is 395 g/mol. The van der Waals surface area contributed by atoms with Crippen LogP contribution < -0.4 is 4.74 Å². The highest BCUT2D eigenvalue weighted by molar-refractivity contribution is 6.30. The highest BCUT2D eigenvalue weighted by Gasteiger charge is 2.29. The molecule has 0 atom stereocenters. The van der Waals surface area contributed by atoms with E-state index in [1.807, 2.05) is 0 Å². The molecule has 2 aromatic heterocycles. The molecule has 2 heterocycles. The van der Waals surface area contributed by atoms with Gasteiger partial charge in [0.05, 0.1) is 18.3 Å². The van der Waals surface area contributed by atoms with Gasteiger partial charge >= 0.3 is 6.18 Å². The number of carbonyl (C=O) groups is 1. The molecule has 28 heavy (non-hydrogen) atoms. The second-order valence-corrected chi connectivity index (χ2v) is 6.20. The van der Waals surface area contributed by atoms with Crippen molar-refractivity contribution in [3.63, 3.8) is 0 Å². The molecule has 0 fully saturated rings. The van der Waals surface area contributed by atoms with Crippen LogP contribution in [0.4, 0.5) is 13.2 Å². The van der Waals surface area contributed by atoms with Gasteiger partial charge < -0.3 is 4.74 Å². The number of carbonyl (C=O) groups excluding carboxylic acids is 1. The first-order chi connectivity index (χ1) is 13.3. The standard InChI is InChI=1S/C19H13ClF3N3O2/c20-14-5-3-12(4-6-14)17-18(28-11-19(21,22)23)25-10-15(26-17)8-16(27)13-2-1-7-24-9-13/h1-7,9-10H,8,11H2. The van der Waals surface area contributed by atoms with Gasteiger partial charge in [0.15, 0.2) is 12.4 Å². The number of hydrogen-bond acceptors (Lipinski definition) is 5. The van der Waals surface area contributed by atoms with E-state index in [1.54, 1.807) is 42.6 Å². The number of ketones is 1. The first-order valence-corrected chi connectivity index (χ1v) is 8.44. The third-order valence-corrected chi connectivity index (χ3v) is 3.86. The van der Waals surface area contributed by atoms with Gasteiger partial charge in [-0.3, -0.25) is 9.78 Å². The van der Waals surface area contributed by atoms with Crippen molar-refractivity contribution in [2.24, 2.45) is 0 Å². The Hall–Kier alpha value is -3.00. The third-order valence-electron chi connectivity index (χ3n) is 3.60. The minimum Gasteiger partial charge on any atom is -0.466 e. The summed E-state index contributed by atoms with van der Waals surface area (Å²) in [5, 5.41) is 0.456. The average molecular weight is 408 g/mol. The lowest BCUT2D eigenvalue weighted by Gasteiger charge is -2.13. The van der Waals surface area contributed by atoms with Gasteiger partial charge in [-0.1, -0.05) is 23.7 Å². The summed E-state index contributed by atoms with van der Waals surface area (Å²) < 4.78 is 42.4. The number of Topliss-reactive ketones (excluding diaryl/α,β-unsaturated/α-hetero) is 1. The molecule has 9 heteroatoms. The molecule has 0 bridgehead atoms. The Balaban J connectivity index is 1.91. The third kappa shape index (κ3) is 5.26. The normalized spacial score (nSPS) is 11.3. The van der Waals surface area contributed by atoms with Crippen LogP contribution in [0.1, 0.15) is 16.1 Å². The van der Waals surface area contributed by atoms with Crippen molar-refractivity contribution < 1.29 is 22.7 Å². The van der Waals surface area contributed by atoms with Gasteiger partial charge in [0.25, 0.3) is 0 Å². The predicted molar refractivity (Wildman–Crippen MR) is 96.3 cm³/mol. The van der Waals surface area contributed by atoms with E-state index in [2.05, 4.69) is 15.0 Å². The minimum absolute atomic E-state index is 0.0845. The molecule has 0 spiro atoms. The van der Waals surface area contributed by atoms with E-state index in [0.29, 0.717) is 16.1 Å². The van der Waals surface area contributed by atoms with Crippen LogP contribution in [0, 0.1) is 0 Å². The summed E-state index contributed by atoms with van der Waals surface area (Å²) in [5.41, 5.74) is 1.25. The van der Waals surface area contributed by atoms with Crippen LogP contribution in [0.25, 0.3) is 11.3 Å². The van der Waals surface area contributed by atoms with Gasteiger partial charge in [0, 0.05) is 28.5 Å². The van der Waals surface area contributed by atoms with E-state index < -0.39 is 12.8 Å². The molecule has 0 aliphatic carbocycles. The van der Waals surface area contributed by atoms with Gasteiger partial charge in [-0.15, -0.1) is 0 Å². The Morgan fingerprint density at radius 1 is 1.11 bits per heavy atom. The van der Waals surface area contributed by atoms with Gasteiger partial charge in [0.2, 0.25) is 5.88 Å². The Kier molecular flexibility index (Phi) is 5.89. The lowest BCUT2D eigenvalue weighted by atomic mass is 10.1. The van der Waals surface area contributed by atoms with E-state index in [4.69, 9.17) is 16.3 Å².